The summed E-state index contributed by atoms with van der Waals surface area (Å²) in [5, 5.41) is 0. The van der Waals surface area contributed by atoms with Gasteiger partial charge in [-0.15, -0.1) is 0 Å². The maximum Gasteiger partial charge on any atom is 0.110 e. The summed E-state index contributed by atoms with van der Waals surface area (Å²) >= 11 is 1.99. The Bertz CT molecular complexity index is 50.0. The molecule has 0 amide bonds. The predicted octanol–water partition coefficient (Wildman–Crippen LogP) is 2.30. The van der Waals surface area contributed by atoms with Crippen LogP contribution in [0.3, 0.4) is 0 Å². The van der Waals surface area contributed by atoms with Gasteiger partial charge in [0.1, 0.15) is 23.0 Å². The molecule has 2 heteroatoms. The molecule has 0 radical (unpaired) electrons. The van der Waals surface area contributed by atoms with E-state index in [2.05, 4.69) is 0 Å². The summed E-state index contributed by atoms with van der Waals surface area (Å²) < 4.78 is 5.08. The SMILES string of the molecule is IOC1CCCC1. The molecule has 0 aromatic rings. The maximum absolute atomic E-state index is 5.08. The highest BCUT2D eigenvalue weighted by Gasteiger charge is 2.13. The van der Waals surface area contributed by atoms with E-state index in [0.717, 1.165) is 0 Å². The number of rotatable bonds is 1. The summed E-state index contributed by atoms with van der Waals surface area (Å²) in [7, 11) is 0. The first kappa shape index (κ1) is 5.82. The van der Waals surface area contributed by atoms with Gasteiger partial charge in [0, 0.05) is 0 Å². The summed E-state index contributed by atoms with van der Waals surface area (Å²) in [5.41, 5.74) is 0. The van der Waals surface area contributed by atoms with Crippen LogP contribution in [0, 0.1) is 0 Å². The van der Waals surface area contributed by atoms with E-state index in [1.54, 1.807) is 0 Å². The Kier molecular flexibility index (Phi) is 2.38. The van der Waals surface area contributed by atoms with E-state index >= 15 is 0 Å². The zero-order valence-corrected chi connectivity index (χ0v) is 6.35. The highest BCUT2D eigenvalue weighted by molar-refractivity contribution is 14.1. The Morgan fingerprint density at radius 2 is 1.86 bits per heavy atom. The Labute approximate surface area is 58.1 Å². The smallest absolute Gasteiger partial charge is 0.110 e. The molecule has 0 spiro atoms. The molecule has 0 saturated heterocycles. The molecule has 1 aliphatic rings. The lowest BCUT2D eigenvalue weighted by molar-refractivity contribution is 0.292. The van der Waals surface area contributed by atoms with Gasteiger partial charge in [-0.05, 0) is 12.8 Å². The molecule has 0 atom stereocenters. The molecule has 1 fully saturated rings. The first-order valence-corrected chi connectivity index (χ1v) is 3.59. The van der Waals surface area contributed by atoms with Crippen molar-refractivity contribution >= 4 is 23.0 Å². The highest BCUT2D eigenvalue weighted by atomic mass is 127. The molecule has 0 aliphatic heterocycles. The zero-order valence-electron chi connectivity index (χ0n) is 4.19. The van der Waals surface area contributed by atoms with Gasteiger partial charge in [-0.1, -0.05) is 12.8 Å². The summed E-state index contributed by atoms with van der Waals surface area (Å²) in [5.74, 6) is 0. The molecular formula is C5H9IO. The van der Waals surface area contributed by atoms with E-state index < -0.39 is 0 Å². The average molecular weight is 212 g/mol. The van der Waals surface area contributed by atoms with Crippen molar-refractivity contribution in [2.24, 2.45) is 0 Å². The molecule has 0 bridgehead atoms. The van der Waals surface area contributed by atoms with E-state index in [0.29, 0.717) is 6.10 Å². The van der Waals surface area contributed by atoms with Crippen LogP contribution in [0.5, 0.6) is 0 Å². The minimum absolute atomic E-state index is 0.584. The zero-order chi connectivity index (χ0) is 5.11. The normalized spacial score (nSPS) is 23.6. The molecular weight excluding hydrogens is 203 g/mol. The van der Waals surface area contributed by atoms with Crippen LogP contribution in [0.15, 0.2) is 0 Å². The van der Waals surface area contributed by atoms with Gasteiger partial charge >= 0.3 is 0 Å². The quantitative estimate of drug-likeness (QED) is 0.606. The molecule has 0 N–H and O–H groups in total. The molecule has 42 valence electrons. The lowest BCUT2D eigenvalue weighted by Crippen LogP contribution is -1.97. The van der Waals surface area contributed by atoms with Gasteiger partial charge < -0.3 is 3.07 Å². The van der Waals surface area contributed by atoms with Gasteiger partial charge in [0.05, 0.1) is 6.10 Å². The predicted molar refractivity (Wildman–Crippen MR) is 37.4 cm³/mol. The monoisotopic (exact) mass is 212 g/mol. The Hall–Kier alpha value is 0.690. The molecule has 0 heterocycles. The van der Waals surface area contributed by atoms with Crippen LogP contribution in [0.2, 0.25) is 0 Å². The van der Waals surface area contributed by atoms with Crippen LogP contribution in [0.25, 0.3) is 0 Å². The number of hydrogen-bond donors (Lipinski definition) is 0. The largest absolute Gasteiger partial charge is 0.312 e. The van der Waals surface area contributed by atoms with Gasteiger partial charge in [-0.25, -0.2) is 0 Å². The third-order valence-corrected chi connectivity index (χ3v) is 2.15. The lowest BCUT2D eigenvalue weighted by Gasteiger charge is -1.99. The van der Waals surface area contributed by atoms with Crippen LogP contribution >= 0.6 is 23.0 Å². The fourth-order valence-corrected chi connectivity index (χ4v) is 1.49. The molecule has 0 aromatic carbocycles. The van der Waals surface area contributed by atoms with Crippen molar-refractivity contribution in [3.8, 4) is 0 Å². The van der Waals surface area contributed by atoms with E-state index in [9.17, 15) is 0 Å². The Balaban J connectivity index is 2.14. The van der Waals surface area contributed by atoms with Gasteiger partial charge in [0.25, 0.3) is 0 Å². The molecule has 1 rings (SSSR count). The van der Waals surface area contributed by atoms with Crippen LogP contribution in [-0.2, 0) is 3.07 Å². The second-order valence-corrected chi connectivity index (χ2v) is 2.50. The van der Waals surface area contributed by atoms with Crippen molar-refractivity contribution < 1.29 is 3.07 Å². The molecule has 1 nitrogen and oxygen atoms in total. The second-order valence-electron chi connectivity index (χ2n) is 2.00. The first-order chi connectivity index (χ1) is 3.43. The van der Waals surface area contributed by atoms with Crippen LogP contribution < -0.4 is 0 Å². The van der Waals surface area contributed by atoms with E-state index in [1.807, 2.05) is 23.0 Å². The third kappa shape index (κ3) is 1.57. The first-order valence-electron chi connectivity index (χ1n) is 2.71. The summed E-state index contributed by atoms with van der Waals surface area (Å²) in [6.45, 7) is 0. The van der Waals surface area contributed by atoms with Crippen molar-refractivity contribution in [2.75, 3.05) is 0 Å². The molecule has 1 saturated carbocycles. The lowest BCUT2D eigenvalue weighted by atomic mass is 10.3. The van der Waals surface area contributed by atoms with E-state index in [4.69, 9.17) is 3.07 Å². The number of halogens is 1. The summed E-state index contributed by atoms with van der Waals surface area (Å²) in [6, 6.07) is 0. The molecule has 0 aromatic heterocycles. The standard InChI is InChI=1S/C5H9IO/c6-7-5-3-1-2-4-5/h5H,1-4H2. The summed E-state index contributed by atoms with van der Waals surface area (Å²) in [4.78, 5) is 0. The fraction of sp³-hybridized carbons (Fsp3) is 1.00. The van der Waals surface area contributed by atoms with Crippen molar-refractivity contribution in [2.45, 2.75) is 31.8 Å². The van der Waals surface area contributed by atoms with Crippen LogP contribution in [-0.4, -0.2) is 6.10 Å². The highest BCUT2D eigenvalue weighted by Crippen LogP contribution is 2.22. The van der Waals surface area contributed by atoms with Gasteiger partial charge in [0.15, 0.2) is 0 Å². The topological polar surface area (TPSA) is 9.23 Å². The molecule has 7 heavy (non-hydrogen) atoms. The molecule has 1 aliphatic carbocycles. The Morgan fingerprint density at radius 1 is 1.29 bits per heavy atom. The number of hydrogen-bond acceptors (Lipinski definition) is 1. The van der Waals surface area contributed by atoms with Gasteiger partial charge in [0.2, 0.25) is 0 Å². The van der Waals surface area contributed by atoms with E-state index in [-0.39, 0.29) is 0 Å². The average Bonchev–Trinajstić information content (AvgIpc) is 2.14. The molecule has 0 unspecified atom stereocenters. The third-order valence-electron chi connectivity index (χ3n) is 1.43. The fourth-order valence-electron chi connectivity index (χ4n) is 0.977. The summed E-state index contributed by atoms with van der Waals surface area (Å²) in [6.07, 6.45) is 5.88. The minimum Gasteiger partial charge on any atom is -0.312 e. The van der Waals surface area contributed by atoms with Gasteiger partial charge in [-0.2, -0.15) is 0 Å². The minimum atomic E-state index is 0.584. The Morgan fingerprint density at radius 3 is 2.14 bits per heavy atom. The van der Waals surface area contributed by atoms with Crippen molar-refractivity contribution in [3.63, 3.8) is 0 Å². The van der Waals surface area contributed by atoms with Crippen molar-refractivity contribution in [1.29, 1.82) is 0 Å². The van der Waals surface area contributed by atoms with Crippen molar-refractivity contribution in [3.05, 3.63) is 0 Å². The second kappa shape index (κ2) is 2.87. The maximum atomic E-state index is 5.08. The van der Waals surface area contributed by atoms with Crippen LogP contribution in [0.4, 0.5) is 0 Å². The van der Waals surface area contributed by atoms with Crippen LogP contribution in [0.1, 0.15) is 25.7 Å². The van der Waals surface area contributed by atoms with Crippen molar-refractivity contribution in [1.82, 2.24) is 0 Å². The van der Waals surface area contributed by atoms with Gasteiger partial charge in [-0.3, -0.25) is 0 Å². The van der Waals surface area contributed by atoms with E-state index in [1.165, 1.54) is 25.7 Å².